The molecule has 2 N–H and O–H groups in total. The summed E-state index contributed by atoms with van der Waals surface area (Å²) in [7, 11) is 0. The van der Waals surface area contributed by atoms with E-state index in [0.717, 1.165) is 40.5 Å². The van der Waals surface area contributed by atoms with Gasteiger partial charge >= 0.3 is 0 Å². The second-order valence-corrected chi connectivity index (χ2v) is 6.10. The molecule has 0 fully saturated rings. The van der Waals surface area contributed by atoms with Crippen molar-refractivity contribution in [2.24, 2.45) is 0 Å². The number of hydrogen-bond acceptors (Lipinski definition) is 2. The second kappa shape index (κ2) is 5.90. The lowest BCUT2D eigenvalue weighted by Gasteiger charge is -2.22. The Kier molecular flexibility index (Phi) is 3.97. The summed E-state index contributed by atoms with van der Waals surface area (Å²) in [6, 6.07) is 13.7. The van der Waals surface area contributed by atoms with Crippen molar-refractivity contribution in [1.82, 2.24) is 4.90 Å². The van der Waals surface area contributed by atoms with E-state index < -0.39 is 0 Å². The molecule has 1 heterocycles. The molecule has 1 aliphatic rings. The topological polar surface area (TPSA) is 46.3 Å². The number of fused-ring (bicyclic) bond motifs is 1. The lowest BCUT2D eigenvalue weighted by molar-refractivity contribution is 0.0748. The summed E-state index contributed by atoms with van der Waals surface area (Å²) in [5.74, 6) is 0.109. The van der Waals surface area contributed by atoms with E-state index in [1.807, 2.05) is 47.4 Å². The van der Waals surface area contributed by atoms with Crippen LogP contribution in [0.1, 0.15) is 27.9 Å². The van der Waals surface area contributed by atoms with Crippen LogP contribution in [0, 0.1) is 0 Å². The predicted octanol–water partition coefficient (Wildman–Crippen LogP) is 3.62. The van der Waals surface area contributed by atoms with E-state index in [9.17, 15) is 4.79 Å². The van der Waals surface area contributed by atoms with Gasteiger partial charge in [0.15, 0.2) is 0 Å². The van der Waals surface area contributed by atoms with Gasteiger partial charge in [0, 0.05) is 28.8 Å². The van der Waals surface area contributed by atoms with E-state index in [1.165, 1.54) is 0 Å². The molecule has 21 heavy (non-hydrogen) atoms. The Morgan fingerprint density at radius 3 is 2.81 bits per heavy atom. The van der Waals surface area contributed by atoms with E-state index in [1.54, 1.807) is 0 Å². The first-order chi connectivity index (χ1) is 10.2. The fraction of sp³-hybridized carbons (Fsp3) is 0.235. The smallest absolute Gasteiger partial charge is 0.254 e. The van der Waals surface area contributed by atoms with Gasteiger partial charge in [0.2, 0.25) is 0 Å². The van der Waals surface area contributed by atoms with E-state index in [0.29, 0.717) is 12.2 Å². The zero-order valence-electron chi connectivity index (χ0n) is 11.7. The largest absolute Gasteiger partial charge is 0.398 e. The number of nitrogens with two attached hydrogens (primary N) is 1. The first-order valence-electron chi connectivity index (χ1n) is 7.07. The first-order valence-corrected chi connectivity index (χ1v) is 7.86. The monoisotopic (exact) mass is 344 g/mol. The number of rotatable bonds is 2. The Hall–Kier alpha value is -1.81. The molecule has 2 aromatic rings. The average Bonchev–Trinajstić information content (AvgIpc) is 2.65. The fourth-order valence-electron chi connectivity index (χ4n) is 2.76. The number of hydrogen-bond donors (Lipinski definition) is 1. The highest BCUT2D eigenvalue weighted by atomic mass is 79.9. The van der Waals surface area contributed by atoms with Crippen molar-refractivity contribution in [3.8, 4) is 0 Å². The summed E-state index contributed by atoms with van der Waals surface area (Å²) in [6.45, 7) is 1.35. The van der Waals surface area contributed by atoms with Crippen molar-refractivity contribution in [1.29, 1.82) is 0 Å². The molecule has 108 valence electrons. The van der Waals surface area contributed by atoms with Gasteiger partial charge in [-0.25, -0.2) is 0 Å². The highest BCUT2D eigenvalue weighted by Gasteiger charge is 2.22. The van der Waals surface area contributed by atoms with Crippen LogP contribution in [0.15, 0.2) is 46.9 Å². The maximum absolute atomic E-state index is 12.7. The molecule has 4 heteroatoms. The predicted molar refractivity (Wildman–Crippen MR) is 88.1 cm³/mol. The minimum atomic E-state index is 0.109. The van der Waals surface area contributed by atoms with E-state index in [2.05, 4.69) is 15.9 Å². The molecule has 0 unspecified atom stereocenters. The number of halogens is 1. The van der Waals surface area contributed by atoms with Crippen molar-refractivity contribution < 1.29 is 4.79 Å². The van der Waals surface area contributed by atoms with Gasteiger partial charge < -0.3 is 10.6 Å². The first kappa shape index (κ1) is 14.1. The normalized spacial score (nSPS) is 14.7. The number of aryl methyl sites for hydroxylation is 1. The van der Waals surface area contributed by atoms with Gasteiger partial charge in [0.1, 0.15) is 0 Å². The number of carbonyl (C=O) groups is 1. The molecule has 0 aromatic heterocycles. The zero-order valence-corrected chi connectivity index (χ0v) is 13.3. The second-order valence-electron chi connectivity index (χ2n) is 5.31. The third kappa shape index (κ3) is 2.81. The summed E-state index contributed by atoms with van der Waals surface area (Å²) >= 11 is 3.52. The van der Waals surface area contributed by atoms with Crippen molar-refractivity contribution in [3.05, 3.63) is 63.6 Å². The number of carbonyl (C=O) groups excluding carboxylic acids is 1. The third-order valence-electron chi connectivity index (χ3n) is 3.88. The number of nitrogen functional groups attached to an aromatic ring is 1. The van der Waals surface area contributed by atoms with Crippen LogP contribution in [0.25, 0.3) is 0 Å². The van der Waals surface area contributed by atoms with Crippen molar-refractivity contribution in [2.45, 2.75) is 19.4 Å². The maximum atomic E-state index is 12.7. The maximum Gasteiger partial charge on any atom is 0.254 e. The van der Waals surface area contributed by atoms with Crippen molar-refractivity contribution in [3.63, 3.8) is 0 Å². The molecule has 3 rings (SSSR count). The molecule has 0 saturated heterocycles. The number of benzene rings is 2. The molecule has 2 aromatic carbocycles. The third-order valence-corrected chi connectivity index (χ3v) is 4.85. The Bertz CT molecular complexity index is 684. The van der Waals surface area contributed by atoms with E-state index >= 15 is 0 Å². The summed E-state index contributed by atoms with van der Waals surface area (Å²) in [6.07, 6.45) is 1.94. The summed E-state index contributed by atoms with van der Waals surface area (Å²) < 4.78 is 0.885. The highest BCUT2D eigenvalue weighted by Crippen LogP contribution is 2.27. The summed E-state index contributed by atoms with van der Waals surface area (Å²) in [4.78, 5) is 14.6. The van der Waals surface area contributed by atoms with Crippen LogP contribution in [-0.2, 0) is 13.0 Å². The molecule has 1 aliphatic heterocycles. The average molecular weight is 345 g/mol. The fourth-order valence-corrected chi connectivity index (χ4v) is 3.15. The molecule has 0 radical (unpaired) electrons. The van der Waals surface area contributed by atoms with Crippen molar-refractivity contribution >= 4 is 27.5 Å². The standard InChI is InChI=1S/C17H17BrN2O/c18-16-13(6-3-9-15(16)19)11-20-10-4-7-12-5-1-2-8-14(12)17(20)21/h1-3,5-6,8-9H,4,7,10-11,19H2. The van der Waals surface area contributed by atoms with Gasteiger partial charge in [-0.2, -0.15) is 0 Å². The SMILES string of the molecule is Nc1cccc(CN2CCCc3ccccc3C2=O)c1Br. The Labute approximate surface area is 132 Å². The quantitative estimate of drug-likeness (QED) is 0.845. The van der Waals surface area contributed by atoms with Gasteiger partial charge in [-0.15, -0.1) is 0 Å². The van der Waals surface area contributed by atoms with Crippen LogP contribution in [0.2, 0.25) is 0 Å². The Morgan fingerprint density at radius 2 is 1.95 bits per heavy atom. The number of amides is 1. The summed E-state index contributed by atoms with van der Waals surface area (Å²) in [5.41, 5.74) is 9.64. The minimum Gasteiger partial charge on any atom is -0.398 e. The molecule has 0 spiro atoms. The minimum absolute atomic E-state index is 0.109. The van der Waals surface area contributed by atoms with E-state index in [-0.39, 0.29) is 5.91 Å². The number of anilines is 1. The van der Waals surface area contributed by atoms with Gasteiger partial charge in [0.25, 0.3) is 5.91 Å². The lowest BCUT2D eigenvalue weighted by atomic mass is 10.0. The molecule has 0 aliphatic carbocycles. The lowest BCUT2D eigenvalue weighted by Crippen LogP contribution is -2.30. The van der Waals surface area contributed by atoms with Gasteiger partial charge in [-0.3, -0.25) is 4.79 Å². The van der Waals surface area contributed by atoms with Crippen LogP contribution in [0.3, 0.4) is 0 Å². The Balaban J connectivity index is 1.90. The van der Waals surface area contributed by atoms with Crippen LogP contribution in [0.4, 0.5) is 5.69 Å². The van der Waals surface area contributed by atoms with Gasteiger partial charge in [-0.05, 0) is 52.0 Å². The number of nitrogens with zero attached hydrogens (tertiary/aromatic N) is 1. The molecular formula is C17H17BrN2O. The van der Waals surface area contributed by atoms with Crippen LogP contribution in [-0.4, -0.2) is 17.4 Å². The molecule has 0 bridgehead atoms. The zero-order chi connectivity index (χ0) is 14.8. The summed E-state index contributed by atoms with van der Waals surface area (Å²) in [5, 5.41) is 0. The van der Waals surface area contributed by atoms with E-state index in [4.69, 9.17) is 5.73 Å². The van der Waals surface area contributed by atoms with Crippen molar-refractivity contribution in [2.75, 3.05) is 12.3 Å². The van der Waals surface area contributed by atoms with Gasteiger partial charge in [0.05, 0.1) is 0 Å². The van der Waals surface area contributed by atoms with Gasteiger partial charge in [-0.1, -0.05) is 30.3 Å². The molecule has 3 nitrogen and oxygen atoms in total. The van der Waals surface area contributed by atoms with Crippen LogP contribution >= 0.6 is 15.9 Å². The Morgan fingerprint density at radius 1 is 1.14 bits per heavy atom. The molecular weight excluding hydrogens is 328 g/mol. The highest BCUT2D eigenvalue weighted by molar-refractivity contribution is 9.10. The van der Waals surface area contributed by atoms with Crippen LogP contribution < -0.4 is 5.73 Å². The molecule has 1 amide bonds. The molecule has 0 atom stereocenters. The molecule has 0 saturated carbocycles. The van der Waals surface area contributed by atoms with Crippen LogP contribution in [0.5, 0.6) is 0 Å².